The molecular weight excluding hydrogens is 370 g/mol. The molecule has 0 aromatic carbocycles. The molecule has 0 spiro atoms. The lowest BCUT2D eigenvalue weighted by atomic mass is 9.96. The van der Waals surface area contributed by atoms with Gasteiger partial charge in [-0.3, -0.25) is 9.88 Å². The van der Waals surface area contributed by atoms with Gasteiger partial charge in [-0.2, -0.15) is 0 Å². The Morgan fingerprint density at radius 1 is 1.37 bits per heavy atom. The van der Waals surface area contributed by atoms with Gasteiger partial charge in [-0.1, -0.05) is 6.92 Å². The smallest absolute Gasteiger partial charge is 0.0686 e. The highest BCUT2D eigenvalue weighted by Gasteiger charge is 2.19. The number of piperidine rings is 1. The van der Waals surface area contributed by atoms with Crippen LogP contribution in [0.1, 0.15) is 25.5 Å². The Kier molecular flexibility index (Phi) is 6.26. The van der Waals surface area contributed by atoms with Gasteiger partial charge in [-0.25, -0.2) is 0 Å². The van der Waals surface area contributed by atoms with Crippen molar-refractivity contribution in [1.82, 2.24) is 15.2 Å². The molecule has 1 fully saturated rings. The molecule has 19 heavy (non-hydrogen) atoms. The molecule has 0 unspecified atom stereocenters. The van der Waals surface area contributed by atoms with Crippen LogP contribution in [0.5, 0.6) is 0 Å². The number of aromatic nitrogens is 1. The Bertz CT molecular complexity index is 404. The van der Waals surface area contributed by atoms with Gasteiger partial charge >= 0.3 is 0 Å². The molecule has 0 amide bonds. The number of pyridine rings is 1. The molecule has 0 bridgehead atoms. The van der Waals surface area contributed by atoms with E-state index >= 15 is 0 Å². The Balaban J connectivity index is 1.82. The van der Waals surface area contributed by atoms with Gasteiger partial charge in [0.1, 0.15) is 0 Å². The van der Waals surface area contributed by atoms with Crippen LogP contribution in [0, 0.1) is 5.92 Å². The lowest BCUT2D eigenvalue weighted by molar-refractivity contribution is 0.174. The zero-order chi connectivity index (χ0) is 13.7. The molecule has 3 nitrogen and oxygen atoms in total. The Morgan fingerprint density at radius 3 is 2.74 bits per heavy atom. The van der Waals surface area contributed by atoms with Crippen LogP contribution in [-0.2, 0) is 6.54 Å². The van der Waals surface area contributed by atoms with E-state index in [4.69, 9.17) is 0 Å². The fourth-order valence-electron chi connectivity index (χ4n) is 2.47. The molecule has 1 aromatic heterocycles. The monoisotopic (exact) mass is 389 g/mol. The number of rotatable bonds is 5. The fraction of sp³-hybridized carbons (Fsp3) is 0.643. The number of nitrogens with one attached hydrogen (secondary N) is 1. The van der Waals surface area contributed by atoms with Crippen LogP contribution in [0.3, 0.4) is 0 Å². The van der Waals surface area contributed by atoms with E-state index in [0.717, 1.165) is 33.6 Å². The molecule has 0 atom stereocenters. The predicted octanol–water partition coefficient (Wildman–Crippen LogP) is 3.43. The second-order valence-corrected chi connectivity index (χ2v) is 6.88. The summed E-state index contributed by atoms with van der Waals surface area (Å²) < 4.78 is 2.11. The van der Waals surface area contributed by atoms with E-state index < -0.39 is 0 Å². The first-order valence-corrected chi connectivity index (χ1v) is 8.50. The number of hydrogen-bond acceptors (Lipinski definition) is 3. The number of halogens is 2. The maximum absolute atomic E-state index is 4.49. The first-order chi connectivity index (χ1) is 9.19. The molecule has 1 aromatic rings. The Labute approximate surface area is 132 Å². The van der Waals surface area contributed by atoms with Crippen molar-refractivity contribution in [3.63, 3.8) is 0 Å². The van der Waals surface area contributed by atoms with Gasteiger partial charge in [0.05, 0.1) is 5.69 Å². The summed E-state index contributed by atoms with van der Waals surface area (Å²) in [6.07, 6.45) is 4.46. The molecule has 1 aliphatic rings. The van der Waals surface area contributed by atoms with Crippen molar-refractivity contribution < 1.29 is 0 Å². The quantitative estimate of drug-likeness (QED) is 0.834. The van der Waals surface area contributed by atoms with Crippen LogP contribution in [0.2, 0.25) is 0 Å². The van der Waals surface area contributed by atoms with E-state index in [1.165, 1.54) is 32.5 Å². The van der Waals surface area contributed by atoms with E-state index in [1.807, 2.05) is 6.20 Å². The number of likely N-dealkylation sites (tertiary alicyclic amines) is 1. The zero-order valence-corrected chi connectivity index (χ0v) is 14.5. The largest absolute Gasteiger partial charge is 0.317 e. The summed E-state index contributed by atoms with van der Waals surface area (Å²) in [5.74, 6) is 0.845. The second kappa shape index (κ2) is 7.72. The molecule has 106 valence electrons. The summed E-state index contributed by atoms with van der Waals surface area (Å²) in [5.41, 5.74) is 1.13. The van der Waals surface area contributed by atoms with Crippen molar-refractivity contribution in [1.29, 1.82) is 0 Å². The summed E-state index contributed by atoms with van der Waals surface area (Å²) in [7, 11) is 0. The third kappa shape index (κ3) is 4.81. The first-order valence-electron chi connectivity index (χ1n) is 6.92. The normalized spacial score (nSPS) is 17.8. The minimum absolute atomic E-state index is 0.845. The molecule has 5 heteroatoms. The lowest BCUT2D eigenvalue weighted by Crippen LogP contribution is -2.37. The molecule has 2 rings (SSSR count). The van der Waals surface area contributed by atoms with Crippen LogP contribution in [0.15, 0.2) is 21.2 Å². The number of nitrogens with zero attached hydrogens (tertiary/aromatic N) is 2. The summed E-state index contributed by atoms with van der Waals surface area (Å²) in [6.45, 7) is 7.73. The van der Waals surface area contributed by atoms with Crippen LogP contribution < -0.4 is 5.32 Å². The van der Waals surface area contributed by atoms with E-state index in [-0.39, 0.29) is 0 Å². The minimum Gasteiger partial charge on any atom is -0.317 e. The van der Waals surface area contributed by atoms with E-state index in [2.05, 4.69) is 60.1 Å². The molecule has 1 saturated heterocycles. The maximum Gasteiger partial charge on any atom is 0.0686 e. The zero-order valence-electron chi connectivity index (χ0n) is 11.3. The SMILES string of the molecule is CCNCC1CCN(Cc2ncc(Br)cc2Br)CC1. The van der Waals surface area contributed by atoms with E-state index in [9.17, 15) is 0 Å². The van der Waals surface area contributed by atoms with Gasteiger partial charge in [-0.05, 0) is 82.9 Å². The standard InChI is InChI=1S/C14H21Br2N3/c1-2-17-8-11-3-5-19(6-4-11)10-14-13(16)7-12(15)9-18-14/h7,9,11,17H,2-6,8,10H2,1H3. The average molecular weight is 391 g/mol. The first kappa shape index (κ1) is 15.4. The molecule has 0 aliphatic carbocycles. The maximum atomic E-state index is 4.49. The molecule has 2 heterocycles. The molecule has 1 aliphatic heterocycles. The molecule has 1 N–H and O–H groups in total. The molecular formula is C14H21Br2N3. The molecule has 0 radical (unpaired) electrons. The summed E-state index contributed by atoms with van der Waals surface area (Å²) in [4.78, 5) is 7.00. The lowest BCUT2D eigenvalue weighted by Gasteiger charge is -2.32. The van der Waals surface area contributed by atoms with Crippen molar-refractivity contribution in [2.75, 3.05) is 26.2 Å². The third-order valence-corrected chi connectivity index (χ3v) is 4.77. The van der Waals surface area contributed by atoms with Crippen molar-refractivity contribution in [2.24, 2.45) is 5.92 Å². The minimum atomic E-state index is 0.845. The second-order valence-electron chi connectivity index (χ2n) is 5.11. The van der Waals surface area contributed by atoms with E-state index in [1.54, 1.807) is 0 Å². The van der Waals surface area contributed by atoms with Gasteiger partial charge in [0, 0.05) is 21.7 Å². The Morgan fingerprint density at radius 2 is 2.11 bits per heavy atom. The van der Waals surface area contributed by atoms with Crippen molar-refractivity contribution in [3.05, 3.63) is 26.9 Å². The average Bonchev–Trinajstić information content (AvgIpc) is 2.41. The van der Waals surface area contributed by atoms with E-state index in [0.29, 0.717) is 0 Å². The van der Waals surface area contributed by atoms with Crippen molar-refractivity contribution >= 4 is 31.9 Å². The van der Waals surface area contributed by atoms with Crippen molar-refractivity contribution in [2.45, 2.75) is 26.3 Å². The van der Waals surface area contributed by atoms with Crippen LogP contribution >= 0.6 is 31.9 Å². The highest BCUT2D eigenvalue weighted by Crippen LogP contribution is 2.23. The summed E-state index contributed by atoms with van der Waals surface area (Å²) in [6, 6.07) is 2.07. The van der Waals surface area contributed by atoms with Crippen LogP contribution in [-0.4, -0.2) is 36.1 Å². The molecule has 0 saturated carbocycles. The van der Waals surface area contributed by atoms with Crippen LogP contribution in [0.4, 0.5) is 0 Å². The topological polar surface area (TPSA) is 28.2 Å². The van der Waals surface area contributed by atoms with Gasteiger partial charge in [0.25, 0.3) is 0 Å². The summed E-state index contributed by atoms with van der Waals surface area (Å²) in [5, 5.41) is 3.45. The fourth-order valence-corrected chi connectivity index (χ4v) is 3.58. The third-order valence-electron chi connectivity index (χ3n) is 3.65. The predicted molar refractivity (Wildman–Crippen MR) is 86.2 cm³/mol. The van der Waals surface area contributed by atoms with Gasteiger partial charge in [0.2, 0.25) is 0 Å². The Hall–Kier alpha value is 0.0300. The van der Waals surface area contributed by atoms with Crippen molar-refractivity contribution in [3.8, 4) is 0 Å². The van der Waals surface area contributed by atoms with Gasteiger partial charge < -0.3 is 5.32 Å². The van der Waals surface area contributed by atoms with Gasteiger partial charge in [0.15, 0.2) is 0 Å². The highest BCUT2D eigenvalue weighted by molar-refractivity contribution is 9.11. The summed E-state index contributed by atoms with van der Waals surface area (Å²) >= 11 is 7.03. The highest BCUT2D eigenvalue weighted by atomic mass is 79.9. The van der Waals surface area contributed by atoms with Crippen LogP contribution in [0.25, 0.3) is 0 Å². The number of hydrogen-bond donors (Lipinski definition) is 1. The van der Waals surface area contributed by atoms with Gasteiger partial charge in [-0.15, -0.1) is 0 Å².